The summed E-state index contributed by atoms with van der Waals surface area (Å²) in [5.41, 5.74) is 0.562. The molecule has 0 saturated carbocycles. The summed E-state index contributed by atoms with van der Waals surface area (Å²) in [5, 5.41) is 9.31. The summed E-state index contributed by atoms with van der Waals surface area (Å²) in [6, 6.07) is 3.17. The summed E-state index contributed by atoms with van der Waals surface area (Å²) in [6.45, 7) is 1.48. The smallest absolute Gasteiger partial charge is 1.00 e. The van der Waals surface area contributed by atoms with E-state index in [2.05, 4.69) is 31.9 Å². The Balaban J connectivity index is 0. The van der Waals surface area contributed by atoms with Gasteiger partial charge in [0.15, 0.2) is 5.78 Å². The molecule has 0 bridgehead atoms. The predicted octanol–water partition coefficient (Wildman–Crippen LogP) is 0.236. The van der Waals surface area contributed by atoms with Crippen LogP contribution in [0.5, 0.6) is 5.75 Å². The average Bonchev–Trinajstić information content (AvgIpc) is 1.99. The molecule has 0 radical (unpaired) electrons. The van der Waals surface area contributed by atoms with Crippen LogP contribution in [0.2, 0.25) is 0 Å². The number of Topliss-reactive ketones (excluding diaryl/α,β-unsaturated/α-hetero) is 1. The first-order valence-electron chi connectivity index (χ1n) is 3.21. The Labute approximate surface area is 117 Å². The molecule has 0 aliphatic heterocycles. The molecule has 0 fully saturated rings. The number of carbonyl (C=O) groups excluding carboxylic acids is 1. The van der Waals surface area contributed by atoms with Crippen LogP contribution in [0.25, 0.3) is 0 Å². The molecule has 1 rings (SSSR count). The van der Waals surface area contributed by atoms with E-state index in [9.17, 15) is 9.90 Å². The molecule has 0 atom stereocenters. The molecular formula is C8H7Br2NaO2. The fraction of sp³-hybridized carbons (Fsp3) is 0.125. The van der Waals surface area contributed by atoms with Crippen LogP contribution < -0.4 is 29.6 Å². The normalized spacial score (nSPS) is 9.15. The van der Waals surface area contributed by atoms with Crippen molar-refractivity contribution >= 4 is 37.6 Å². The Kier molecular flexibility index (Phi) is 5.79. The minimum absolute atomic E-state index is 0. The summed E-state index contributed by atoms with van der Waals surface area (Å²) >= 11 is 6.27. The summed E-state index contributed by atoms with van der Waals surface area (Å²) in [7, 11) is 0. The fourth-order valence-electron chi connectivity index (χ4n) is 0.769. The van der Waals surface area contributed by atoms with E-state index in [1.54, 1.807) is 12.1 Å². The van der Waals surface area contributed by atoms with Crippen LogP contribution in [0.15, 0.2) is 21.1 Å². The SMILES string of the molecule is CC(=O)c1cc(Br)c(O)c(Br)c1.[H-].[Na+]. The van der Waals surface area contributed by atoms with E-state index in [-0.39, 0.29) is 42.5 Å². The Morgan fingerprint density at radius 2 is 1.77 bits per heavy atom. The Morgan fingerprint density at radius 1 is 1.38 bits per heavy atom. The van der Waals surface area contributed by atoms with Gasteiger partial charge in [-0.3, -0.25) is 4.79 Å². The summed E-state index contributed by atoms with van der Waals surface area (Å²) in [5.74, 6) is 0.0800. The molecular weight excluding hydrogens is 311 g/mol. The minimum Gasteiger partial charge on any atom is -1.00 e. The van der Waals surface area contributed by atoms with E-state index in [0.29, 0.717) is 14.5 Å². The predicted molar refractivity (Wildman–Crippen MR) is 54.6 cm³/mol. The molecule has 5 heteroatoms. The van der Waals surface area contributed by atoms with Gasteiger partial charge in [0.05, 0.1) is 8.95 Å². The summed E-state index contributed by atoms with van der Waals surface area (Å²) in [4.78, 5) is 10.9. The van der Waals surface area contributed by atoms with Crippen molar-refractivity contribution in [2.45, 2.75) is 6.92 Å². The number of hydrogen-bond donors (Lipinski definition) is 1. The maximum absolute atomic E-state index is 10.9. The largest absolute Gasteiger partial charge is 1.00 e. The third kappa shape index (κ3) is 3.36. The van der Waals surface area contributed by atoms with Crippen LogP contribution in [-0.2, 0) is 0 Å². The van der Waals surface area contributed by atoms with Crippen molar-refractivity contribution in [3.8, 4) is 5.75 Å². The molecule has 0 aliphatic carbocycles. The number of benzene rings is 1. The number of rotatable bonds is 1. The average molecular weight is 318 g/mol. The number of aromatic hydroxyl groups is 1. The molecule has 0 unspecified atom stereocenters. The van der Waals surface area contributed by atoms with E-state index in [1.807, 2.05) is 0 Å². The van der Waals surface area contributed by atoms with Gasteiger partial charge in [-0.1, -0.05) is 0 Å². The van der Waals surface area contributed by atoms with Crippen LogP contribution in [0.3, 0.4) is 0 Å². The van der Waals surface area contributed by atoms with Crippen LogP contribution in [0, 0.1) is 0 Å². The van der Waals surface area contributed by atoms with E-state index in [1.165, 1.54) is 6.92 Å². The Bertz CT molecular complexity index is 321. The van der Waals surface area contributed by atoms with Gasteiger partial charge in [0.2, 0.25) is 0 Å². The van der Waals surface area contributed by atoms with Crippen molar-refractivity contribution in [2.24, 2.45) is 0 Å². The van der Waals surface area contributed by atoms with Crippen molar-refractivity contribution in [3.63, 3.8) is 0 Å². The number of carbonyl (C=O) groups is 1. The molecule has 0 heterocycles. The summed E-state index contributed by atoms with van der Waals surface area (Å²) in [6.07, 6.45) is 0. The van der Waals surface area contributed by atoms with Gasteiger partial charge in [0, 0.05) is 5.56 Å². The van der Waals surface area contributed by atoms with E-state index < -0.39 is 0 Å². The van der Waals surface area contributed by atoms with Crippen molar-refractivity contribution < 1.29 is 40.9 Å². The quantitative estimate of drug-likeness (QED) is 0.595. The van der Waals surface area contributed by atoms with Gasteiger partial charge in [-0.25, -0.2) is 0 Å². The topological polar surface area (TPSA) is 37.3 Å². The monoisotopic (exact) mass is 316 g/mol. The maximum Gasteiger partial charge on any atom is 1.00 e. The van der Waals surface area contributed by atoms with Gasteiger partial charge in [0.1, 0.15) is 5.75 Å². The molecule has 0 saturated heterocycles. The van der Waals surface area contributed by atoms with Crippen molar-refractivity contribution in [3.05, 3.63) is 26.6 Å². The van der Waals surface area contributed by atoms with E-state index in [4.69, 9.17) is 0 Å². The zero-order valence-corrected chi connectivity index (χ0v) is 12.4. The molecule has 1 N–H and O–H groups in total. The standard InChI is InChI=1S/C8H6Br2O2.Na.H/c1-4(11)5-2-6(9)8(12)7(10)3-5;;/h2-3,12H,1H3;;/q;+1;-1. The first kappa shape index (κ1) is 13.7. The molecule has 13 heavy (non-hydrogen) atoms. The van der Waals surface area contributed by atoms with Gasteiger partial charge in [-0.05, 0) is 50.9 Å². The number of phenols is 1. The third-order valence-electron chi connectivity index (χ3n) is 1.42. The Hall–Kier alpha value is 0.650. The van der Waals surface area contributed by atoms with Crippen LogP contribution in [-0.4, -0.2) is 10.9 Å². The van der Waals surface area contributed by atoms with Crippen molar-refractivity contribution in [1.29, 1.82) is 0 Å². The molecule has 0 aliphatic rings. The minimum atomic E-state index is -0.0311. The van der Waals surface area contributed by atoms with E-state index >= 15 is 0 Å². The molecule has 0 aromatic heterocycles. The molecule has 0 amide bonds. The van der Waals surface area contributed by atoms with Gasteiger partial charge < -0.3 is 6.53 Å². The number of halogens is 2. The van der Waals surface area contributed by atoms with Gasteiger partial charge >= 0.3 is 29.6 Å². The van der Waals surface area contributed by atoms with Gasteiger partial charge in [-0.2, -0.15) is 0 Å². The number of ketones is 1. The summed E-state index contributed by atoms with van der Waals surface area (Å²) < 4.78 is 1.03. The molecule has 1 aromatic carbocycles. The second-order valence-corrected chi connectivity index (χ2v) is 4.05. The second-order valence-electron chi connectivity index (χ2n) is 2.34. The van der Waals surface area contributed by atoms with E-state index in [0.717, 1.165) is 0 Å². The van der Waals surface area contributed by atoms with Gasteiger partial charge in [-0.15, -0.1) is 0 Å². The number of phenolic OH excluding ortho intramolecular Hbond substituents is 1. The van der Waals surface area contributed by atoms with Gasteiger partial charge in [0.25, 0.3) is 0 Å². The fourth-order valence-corrected chi connectivity index (χ4v) is 1.96. The molecule has 66 valence electrons. The van der Waals surface area contributed by atoms with Crippen molar-refractivity contribution in [1.82, 2.24) is 0 Å². The number of hydrogen-bond acceptors (Lipinski definition) is 2. The first-order chi connectivity index (χ1) is 5.52. The molecule has 1 aromatic rings. The first-order valence-corrected chi connectivity index (χ1v) is 4.80. The van der Waals surface area contributed by atoms with Crippen LogP contribution >= 0.6 is 31.9 Å². The third-order valence-corrected chi connectivity index (χ3v) is 2.63. The van der Waals surface area contributed by atoms with Crippen molar-refractivity contribution in [2.75, 3.05) is 0 Å². The Morgan fingerprint density at radius 3 is 2.08 bits per heavy atom. The van der Waals surface area contributed by atoms with Crippen LogP contribution in [0.4, 0.5) is 0 Å². The zero-order valence-electron chi connectivity index (χ0n) is 8.27. The maximum atomic E-state index is 10.9. The molecule has 2 nitrogen and oxygen atoms in total. The second kappa shape index (κ2) is 5.51. The van der Waals surface area contributed by atoms with Crippen LogP contribution in [0.1, 0.15) is 18.7 Å². The zero-order chi connectivity index (χ0) is 9.30. The molecule has 0 spiro atoms.